The van der Waals surface area contributed by atoms with E-state index >= 15 is 0 Å². The van der Waals surface area contributed by atoms with E-state index in [4.69, 9.17) is 4.42 Å². The van der Waals surface area contributed by atoms with Crippen LogP contribution in [0.2, 0.25) is 0 Å². The van der Waals surface area contributed by atoms with E-state index in [1.54, 1.807) is 12.1 Å². The number of hydrogen-bond acceptors (Lipinski definition) is 3. The minimum absolute atomic E-state index is 0.132. The molecule has 3 rings (SSSR count). The quantitative estimate of drug-likeness (QED) is 0.766. The number of fused-ring (bicyclic) bond motifs is 1. The second kappa shape index (κ2) is 4.49. The fourth-order valence-corrected chi connectivity index (χ4v) is 2.38. The third-order valence-corrected chi connectivity index (χ3v) is 3.34. The maximum atomic E-state index is 11.2. The normalized spacial score (nSPS) is 10.9. The predicted octanol–water partition coefficient (Wildman–Crippen LogP) is 3.81. The fraction of sp³-hybridized carbons (Fsp3) is 0.125. The van der Waals surface area contributed by atoms with Crippen LogP contribution in [-0.2, 0) is 0 Å². The lowest BCUT2D eigenvalue weighted by atomic mass is 10.0. The first-order valence-electron chi connectivity index (χ1n) is 6.27. The molecule has 0 saturated heterocycles. The highest BCUT2D eigenvalue weighted by atomic mass is 16.4. The Morgan fingerprint density at radius 2 is 1.75 bits per heavy atom. The van der Waals surface area contributed by atoms with Gasteiger partial charge in [0.25, 0.3) is 0 Å². The van der Waals surface area contributed by atoms with Crippen LogP contribution in [0, 0.1) is 13.8 Å². The van der Waals surface area contributed by atoms with Crippen molar-refractivity contribution in [3.05, 3.63) is 53.1 Å². The average molecular weight is 267 g/mol. The van der Waals surface area contributed by atoms with Gasteiger partial charge in [0.05, 0.1) is 0 Å². The molecule has 2 aromatic carbocycles. The molecule has 4 nitrogen and oxygen atoms in total. The number of aromatic nitrogens is 1. The molecule has 0 atom stereocenters. The van der Waals surface area contributed by atoms with E-state index in [0.29, 0.717) is 17.0 Å². The van der Waals surface area contributed by atoms with Crippen LogP contribution >= 0.6 is 0 Å². The Hall–Kier alpha value is -2.62. The summed E-state index contributed by atoms with van der Waals surface area (Å²) in [6.07, 6.45) is 0. The van der Waals surface area contributed by atoms with Crippen LogP contribution in [0.15, 0.2) is 40.8 Å². The van der Waals surface area contributed by atoms with E-state index in [-0.39, 0.29) is 5.56 Å². The molecule has 0 fully saturated rings. The molecule has 1 N–H and O–H groups in total. The molecule has 100 valence electrons. The van der Waals surface area contributed by atoms with Crippen molar-refractivity contribution in [3.8, 4) is 11.5 Å². The summed E-state index contributed by atoms with van der Waals surface area (Å²) >= 11 is 0. The molecule has 0 aliphatic heterocycles. The molecule has 3 aromatic rings. The van der Waals surface area contributed by atoms with Crippen LogP contribution < -0.4 is 0 Å². The number of rotatable bonds is 2. The number of carboxylic acids is 1. The van der Waals surface area contributed by atoms with Gasteiger partial charge in [-0.1, -0.05) is 24.3 Å². The van der Waals surface area contributed by atoms with E-state index in [2.05, 4.69) is 4.98 Å². The molecule has 0 bridgehead atoms. The first kappa shape index (κ1) is 12.4. The van der Waals surface area contributed by atoms with Crippen LogP contribution in [-0.4, -0.2) is 16.1 Å². The number of carbonyl (C=O) groups is 1. The van der Waals surface area contributed by atoms with E-state index in [0.717, 1.165) is 16.7 Å². The number of hydrogen-bond donors (Lipinski definition) is 1. The third kappa shape index (κ3) is 1.86. The molecule has 0 radical (unpaired) electrons. The van der Waals surface area contributed by atoms with Crippen LogP contribution in [0.3, 0.4) is 0 Å². The number of carboxylic acid groups (broad SMARTS) is 1. The zero-order valence-electron chi connectivity index (χ0n) is 11.2. The van der Waals surface area contributed by atoms with Crippen molar-refractivity contribution >= 4 is 17.1 Å². The number of aryl methyl sites for hydroxylation is 2. The van der Waals surface area contributed by atoms with E-state index in [1.165, 1.54) is 6.07 Å². The molecule has 4 heteroatoms. The van der Waals surface area contributed by atoms with Crippen molar-refractivity contribution in [2.75, 3.05) is 0 Å². The standard InChI is InChI=1S/C16H13NO3/c1-9-5-3-6-10(2)13(9)15-17-12-8-4-7-11(16(18)19)14(12)20-15/h3-8H,1-2H3,(H,18,19). The van der Waals surface area contributed by atoms with E-state index in [9.17, 15) is 9.90 Å². The molecule has 1 heterocycles. The van der Waals surface area contributed by atoms with Gasteiger partial charge in [-0.25, -0.2) is 9.78 Å². The van der Waals surface area contributed by atoms with Crippen molar-refractivity contribution in [3.63, 3.8) is 0 Å². The van der Waals surface area contributed by atoms with Gasteiger partial charge in [0.2, 0.25) is 5.89 Å². The van der Waals surface area contributed by atoms with Crippen molar-refractivity contribution < 1.29 is 14.3 Å². The highest BCUT2D eigenvalue weighted by molar-refractivity contribution is 6.00. The molecule has 0 spiro atoms. The molecule has 0 aliphatic carbocycles. The monoisotopic (exact) mass is 267 g/mol. The van der Waals surface area contributed by atoms with Gasteiger partial charge in [-0.05, 0) is 37.1 Å². The van der Waals surface area contributed by atoms with Gasteiger partial charge in [-0.15, -0.1) is 0 Å². The minimum atomic E-state index is -1.01. The summed E-state index contributed by atoms with van der Waals surface area (Å²) in [5.74, 6) is -0.552. The first-order chi connectivity index (χ1) is 9.58. The summed E-state index contributed by atoms with van der Waals surface area (Å²) < 4.78 is 5.72. The van der Waals surface area contributed by atoms with Crippen LogP contribution in [0.5, 0.6) is 0 Å². The number of aromatic carboxylic acids is 1. The molecule has 20 heavy (non-hydrogen) atoms. The van der Waals surface area contributed by atoms with Gasteiger partial charge < -0.3 is 9.52 Å². The van der Waals surface area contributed by atoms with Crippen LogP contribution in [0.25, 0.3) is 22.6 Å². The maximum Gasteiger partial charge on any atom is 0.339 e. The molecule has 0 amide bonds. The van der Waals surface area contributed by atoms with Gasteiger partial charge >= 0.3 is 5.97 Å². The zero-order valence-corrected chi connectivity index (χ0v) is 11.2. The molecule has 1 aromatic heterocycles. The second-order valence-electron chi connectivity index (χ2n) is 4.74. The fourth-order valence-electron chi connectivity index (χ4n) is 2.38. The highest BCUT2D eigenvalue weighted by Crippen LogP contribution is 2.30. The number of nitrogens with zero attached hydrogens (tertiary/aromatic N) is 1. The maximum absolute atomic E-state index is 11.2. The van der Waals surface area contributed by atoms with Crippen molar-refractivity contribution in [2.45, 2.75) is 13.8 Å². The van der Waals surface area contributed by atoms with Gasteiger partial charge in [-0.2, -0.15) is 0 Å². The largest absolute Gasteiger partial charge is 0.478 e. The van der Waals surface area contributed by atoms with Crippen molar-refractivity contribution in [1.82, 2.24) is 4.98 Å². The Bertz CT molecular complexity index is 797. The third-order valence-electron chi connectivity index (χ3n) is 3.34. The summed E-state index contributed by atoms with van der Waals surface area (Å²) in [4.78, 5) is 15.6. The number of oxazole rings is 1. The molecular formula is C16H13NO3. The average Bonchev–Trinajstić information content (AvgIpc) is 2.81. The summed E-state index contributed by atoms with van der Waals surface area (Å²) in [7, 11) is 0. The van der Waals surface area contributed by atoms with Gasteiger partial charge in [0.15, 0.2) is 5.58 Å². The Balaban J connectivity index is 2.29. The Kier molecular flexibility index (Phi) is 2.79. The molecule has 0 unspecified atom stereocenters. The Labute approximate surface area is 115 Å². The summed E-state index contributed by atoms with van der Waals surface area (Å²) in [6, 6.07) is 10.9. The smallest absolute Gasteiger partial charge is 0.339 e. The van der Waals surface area contributed by atoms with Crippen molar-refractivity contribution in [1.29, 1.82) is 0 Å². The van der Waals surface area contributed by atoms with Gasteiger partial charge in [-0.3, -0.25) is 0 Å². The molecule has 0 aliphatic rings. The topological polar surface area (TPSA) is 63.3 Å². The lowest BCUT2D eigenvalue weighted by Crippen LogP contribution is -1.95. The lowest BCUT2D eigenvalue weighted by Gasteiger charge is -2.04. The predicted molar refractivity (Wildman–Crippen MR) is 75.9 cm³/mol. The van der Waals surface area contributed by atoms with Crippen LogP contribution in [0.4, 0.5) is 0 Å². The highest BCUT2D eigenvalue weighted by Gasteiger charge is 2.17. The van der Waals surface area contributed by atoms with Gasteiger partial charge in [0, 0.05) is 5.56 Å². The Morgan fingerprint density at radius 1 is 1.10 bits per heavy atom. The minimum Gasteiger partial charge on any atom is -0.478 e. The van der Waals surface area contributed by atoms with Gasteiger partial charge in [0.1, 0.15) is 11.1 Å². The second-order valence-corrected chi connectivity index (χ2v) is 4.74. The summed E-state index contributed by atoms with van der Waals surface area (Å²) in [5, 5.41) is 9.18. The molecular weight excluding hydrogens is 254 g/mol. The van der Waals surface area contributed by atoms with Crippen LogP contribution in [0.1, 0.15) is 21.5 Å². The summed E-state index contributed by atoms with van der Waals surface area (Å²) in [5.41, 5.74) is 4.02. The number of benzene rings is 2. The van der Waals surface area contributed by atoms with E-state index < -0.39 is 5.97 Å². The van der Waals surface area contributed by atoms with E-state index in [1.807, 2.05) is 32.0 Å². The molecule has 0 saturated carbocycles. The lowest BCUT2D eigenvalue weighted by molar-refractivity contribution is 0.0698. The summed E-state index contributed by atoms with van der Waals surface area (Å²) in [6.45, 7) is 3.96. The number of para-hydroxylation sites is 1. The Morgan fingerprint density at radius 3 is 2.40 bits per heavy atom. The van der Waals surface area contributed by atoms with Crippen molar-refractivity contribution in [2.24, 2.45) is 0 Å². The first-order valence-corrected chi connectivity index (χ1v) is 6.27. The SMILES string of the molecule is Cc1cccc(C)c1-c1nc2cccc(C(=O)O)c2o1. The zero-order chi connectivity index (χ0) is 14.3.